The van der Waals surface area contributed by atoms with Crippen molar-refractivity contribution in [3.05, 3.63) is 12.2 Å². The first kappa shape index (κ1) is 85.5. The molecule has 0 aromatic carbocycles. The lowest BCUT2D eigenvalue weighted by Crippen LogP contribution is -2.72. The van der Waals surface area contributed by atoms with Crippen molar-refractivity contribution in [1.82, 2.24) is 26.6 Å². The molecule has 0 radical (unpaired) electrons. The van der Waals surface area contributed by atoms with Crippen LogP contribution in [0.1, 0.15) is 138 Å². The first-order chi connectivity index (χ1) is 48.1. The third-order valence-corrected chi connectivity index (χ3v) is 18.5. The average molecular weight is 1460 g/mol. The van der Waals surface area contributed by atoms with Gasteiger partial charge in [0.1, 0.15) is 147 Å². The lowest BCUT2D eigenvalue weighted by molar-refractivity contribution is -0.368. The van der Waals surface area contributed by atoms with Crippen LogP contribution in [0.2, 0.25) is 0 Å². The summed E-state index contributed by atoms with van der Waals surface area (Å²) in [6.07, 6.45) is -25.3. The van der Waals surface area contributed by atoms with E-state index in [0.717, 1.165) is 86.0 Å². The lowest BCUT2D eigenvalue weighted by atomic mass is 9.93. The summed E-state index contributed by atoms with van der Waals surface area (Å²) < 4.78 is 77.4. The molecule has 12 unspecified atom stereocenters. The molecule has 0 spiro atoms. The van der Waals surface area contributed by atoms with E-state index in [1.165, 1.54) is 39.7 Å². The molecule has 5 amide bonds. The van der Waals surface area contributed by atoms with Crippen LogP contribution >= 0.6 is 0 Å². The molecule has 6 rings (SSSR count). The maximum atomic E-state index is 13.6. The number of carbonyl (C=O) groups excluding carboxylic acids is 6. The van der Waals surface area contributed by atoms with Gasteiger partial charge in [0, 0.05) is 48.1 Å². The van der Waals surface area contributed by atoms with E-state index in [0.29, 0.717) is 6.42 Å². The third-order valence-electron chi connectivity index (χ3n) is 18.5. The Hall–Kier alpha value is -4.40. The van der Waals surface area contributed by atoms with E-state index >= 15 is 0 Å². The number of ether oxygens (including phenoxy) is 13. The quantitative estimate of drug-likeness (QED) is 0.0157. The molecule has 101 heavy (non-hydrogen) atoms. The number of rotatable bonds is 37. The van der Waals surface area contributed by atoms with Gasteiger partial charge in [0.15, 0.2) is 37.7 Å². The Morgan fingerprint density at radius 3 is 1.20 bits per heavy atom. The first-order valence-electron chi connectivity index (χ1n) is 34.9. The summed E-state index contributed by atoms with van der Waals surface area (Å²) in [5.74, 6) is -4.53. The molecule has 6 aliphatic rings. The normalized spacial score (nSPS) is 39.0. The van der Waals surface area contributed by atoms with Gasteiger partial charge in [-0.3, -0.25) is 28.8 Å². The minimum Gasteiger partial charge on any atom is -0.463 e. The molecule has 36 heteroatoms. The van der Waals surface area contributed by atoms with E-state index in [-0.39, 0.29) is 6.42 Å². The van der Waals surface area contributed by atoms with Crippen LogP contribution in [0.25, 0.3) is 0 Å². The second kappa shape index (κ2) is 42.1. The Labute approximate surface area is 586 Å². The van der Waals surface area contributed by atoms with Crippen molar-refractivity contribution in [2.24, 2.45) is 0 Å². The van der Waals surface area contributed by atoms with Crippen LogP contribution in [0.3, 0.4) is 0 Å². The maximum Gasteiger partial charge on any atom is 0.302 e. The Morgan fingerprint density at radius 2 is 0.782 bits per heavy atom. The molecule has 36 nitrogen and oxygen atoms in total. The Balaban J connectivity index is 1.17. The van der Waals surface area contributed by atoms with Crippen molar-refractivity contribution >= 4 is 35.5 Å². The molecule has 6 saturated heterocycles. The van der Waals surface area contributed by atoms with Gasteiger partial charge in [0.25, 0.3) is 0 Å². The number of esters is 1. The molecule has 0 aromatic rings. The fraction of sp³-hybridized carbons (Fsp3) is 0.877. The molecule has 30 atom stereocenters. The Morgan fingerprint density at radius 1 is 0.396 bits per heavy atom. The zero-order chi connectivity index (χ0) is 74.4. The highest BCUT2D eigenvalue weighted by molar-refractivity contribution is 5.76. The minimum absolute atomic E-state index is 0.00347. The zero-order valence-corrected chi connectivity index (χ0v) is 58.5. The highest BCUT2D eigenvalue weighted by Crippen LogP contribution is 2.37. The smallest absolute Gasteiger partial charge is 0.302 e. The number of hydrogen-bond acceptors (Lipinski definition) is 31. The summed E-state index contributed by atoms with van der Waals surface area (Å²) in [5.41, 5.74) is 0. The molecule has 0 bridgehead atoms. The predicted molar refractivity (Wildman–Crippen MR) is 344 cm³/mol. The molecule has 6 aliphatic heterocycles. The highest BCUT2D eigenvalue weighted by Gasteiger charge is 2.58. The van der Waals surface area contributed by atoms with Gasteiger partial charge in [-0.2, -0.15) is 0 Å². The Kier molecular flexibility index (Phi) is 35.6. The van der Waals surface area contributed by atoms with E-state index in [9.17, 15) is 90.0 Å². The lowest BCUT2D eigenvalue weighted by Gasteiger charge is -2.51. The van der Waals surface area contributed by atoms with Crippen molar-refractivity contribution in [3.8, 4) is 0 Å². The van der Waals surface area contributed by atoms with Crippen molar-refractivity contribution in [3.63, 3.8) is 0 Å². The van der Waals surface area contributed by atoms with Crippen molar-refractivity contribution in [2.45, 2.75) is 322 Å². The van der Waals surface area contributed by atoms with Crippen LogP contribution in [0.15, 0.2) is 12.2 Å². The van der Waals surface area contributed by atoms with Crippen LogP contribution in [0, 0.1) is 0 Å². The summed E-state index contributed by atoms with van der Waals surface area (Å²) >= 11 is 0. The number of nitrogens with one attached hydrogen (secondary N) is 5. The monoisotopic (exact) mass is 1460 g/mol. The molecular weight excluding hydrogens is 1350 g/mol. The molecular formula is C65H111N5O31. The number of allylic oxidation sites excluding steroid dienone is 2. The number of carbonyl (C=O) groups is 6. The molecule has 0 saturated carbocycles. The van der Waals surface area contributed by atoms with E-state index in [2.05, 4.69) is 45.7 Å². The fourth-order valence-corrected chi connectivity index (χ4v) is 13.2. The molecule has 17 N–H and O–H groups in total. The number of aliphatic hydroxyl groups is 12. The Bertz CT molecular complexity index is 2570. The molecule has 0 aromatic heterocycles. The largest absolute Gasteiger partial charge is 0.463 e. The van der Waals surface area contributed by atoms with E-state index < -0.39 is 252 Å². The number of amides is 5. The number of unbranched alkanes of at least 4 members (excludes halogenated alkanes) is 11. The zero-order valence-electron chi connectivity index (χ0n) is 58.5. The van der Waals surface area contributed by atoms with Gasteiger partial charge < -0.3 is 149 Å². The third kappa shape index (κ3) is 24.1. The predicted octanol–water partition coefficient (Wildman–Crippen LogP) is -5.11. The fourth-order valence-electron chi connectivity index (χ4n) is 13.2. The van der Waals surface area contributed by atoms with E-state index in [1.807, 2.05) is 0 Å². The van der Waals surface area contributed by atoms with Crippen molar-refractivity contribution < 1.29 is 152 Å². The van der Waals surface area contributed by atoms with Gasteiger partial charge in [-0.05, 0) is 39.0 Å². The highest BCUT2D eigenvalue weighted by atomic mass is 16.8. The standard InChI is InChI=1S/C65H111N5O31/c1-9-10-11-12-13-14-15-16-17-18-19-20-21-22-23-24-41(79)70-43-49(82)48(81)39(28-90-35(7)78)97-61(43)98-55-36(25-71)94-62(44(51(55)84)67-32(4)75)99-56-37(26-72)95-63(45(52(56)85)68-33(5)76)100-57-38(27-73)96-64(46(53(57)86)69-34(6)77)101-58-40(93-60(88)42(50(58)83)66-31(3)74)29-91-65-59(89-8)54(87)47(80)30(2)92-65/h14-15,30,36-40,42-65,71-73,80-88H,9-13,16-29H2,1-8H3,(H,66,74)(H,67,75)(H,68,76)(H,69,77)(H,70,79)/b15-14-/t30?,36?,37?,38?,39?,40?,42-,43-,44-,45-,46-,47+,48+,49?,50?,51?,52?,53?,54+,55+,56+,57+,58+,59?,60+,61-,62-,63-,64-,65+/m0/s1. The second-order valence-electron chi connectivity index (χ2n) is 26.5. The SMILES string of the molecule is CCCCCC/C=C\CCCCCCCCCC(=O)N[C@H]1C(O)[C@H](O)C(COC(C)=O)O[C@H]1O[C@@H]1C(CO)O[C@@H](O[C@@H]2C(CO)O[C@@H](O[C@@H]3C(CO)O[C@@H](O[C@@H]4C(CO[C@@H]5OC(C)[C@@H](O)[C@@H](O)C5OC)O[C@@H](O)[C@@H](NC(C)=O)C4O)[C@@H](NC(C)=O)C3O)[C@@H](NC(C)=O)C2O)[C@@H](NC(C)=O)C1O. The molecule has 6 heterocycles. The summed E-state index contributed by atoms with van der Waals surface area (Å²) in [4.78, 5) is 76.7. The van der Waals surface area contributed by atoms with Crippen LogP contribution in [-0.4, -0.2) is 321 Å². The first-order valence-corrected chi connectivity index (χ1v) is 34.9. The van der Waals surface area contributed by atoms with Crippen LogP contribution in [-0.2, 0) is 90.3 Å². The van der Waals surface area contributed by atoms with Crippen molar-refractivity contribution in [2.75, 3.05) is 40.1 Å². The van der Waals surface area contributed by atoms with Gasteiger partial charge >= 0.3 is 5.97 Å². The number of aliphatic hydroxyl groups excluding tert-OH is 12. The van der Waals surface area contributed by atoms with Gasteiger partial charge in [-0.1, -0.05) is 70.4 Å². The summed E-state index contributed by atoms with van der Waals surface area (Å²) in [7, 11) is 1.21. The summed E-state index contributed by atoms with van der Waals surface area (Å²) in [5, 5.41) is 149. The average Bonchev–Trinajstić information content (AvgIpc) is 0.772. The van der Waals surface area contributed by atoms with Gasteiger partial charge in [-0.25, -0.2) is 0 Å². The summed E-state index contributed by atoms with van der Waals surface area (Å²) in [6.45, 7) is 4.63. The van der Waals surface area contributed by atoms with Gasteiger partial charge in [0.05, 0.1) is 32.5 Å². The second-order valence-corrected chi connectivity index (χ2v) is 26.5. The van der Waals surface area contributed by atoms with E-state index in [4.69, 9.17) is 61.6 Å². The topological polar surface area (TPSA) is 525 Å². The van der Waals surface area contributed by atoms with Crippen LogP contribution in [0.5, 0.6) is 0 Å². The van der Waals surface area contributed by atoms with Gasteiger partial charge in [0.2, 0.25) is 29.5 Å². The maximum absolute atomic E-state index is 13.6. The number of hydrogen-bond donors (Lipinski definition) is 17. The number of methoxy groups -OCH3 is 1. The van der Waals surface area contributed by atoms with Crippen LogP contribution in [0.4, 0.5) is 0 Å². The van der Waals surface area contributed by atoms with E-state index in [1.54, 1.807) is 0 Å². The molecule has 582 valence electrons. The molecule has 0 aliphatic carbocycles. The minimum atomic E-state index is -2.06. The molecule has 6 fully saturated rings. The van der Waals surface area contributed by atoms with Crippen molar-refractivity contribution in [1.29, 1.82) is 0 Å². The van der Waals surface area contributed by atoms with Crippen LogP contribution < -0.4 is 26.6 Å². The van der Waals surface area contributed by atoms with Gasteiger partial charge in [-0.15, -0.1) is 0 Å². The summed E-state index contributed by atoms with van der Waals surface area (Å²) in [6, 6.07) is -8.44.